The van der Waals surface area contributed by atoms with E-state index in [4.69, 9.17) is 9.47 Å². The quantitative estimate of drug-likeness (QED) is 0.350. The number of esters is 2. The first-order valence-electron chi connectivity index (χ1n) is 10.7. The van der Waals surface area contributed by atoms with Crippen molar-refractivity contribution in [2.75, 3.05) is 13.2 Å². The van der Waals surface area contributed by atoms with Crippen molar-refractivity contribution in [3.63, 3.8) is 0 Å². The van der Waals surface area contributed by atoms with Gasteiger partial charge in [-0.3, -0.25) is 0 Å². The molecule has 0 amide bonds. The third-order valence-electron chi connectivity index (χ3n) is 4.86. The van der Waals surface area contributed by atoms with Gasteiger partial charge in [0.25, 0.3) is 0 Å². The third kappa shape index (κ3) is 6.09. The number of hydrogen-bond acceptors (Lipinski definition) is 4. The van der Waals surface area contributed by atoms with Gasteiger partial charge in [0.1, 0.15) is 0 Å². The molecular weight excluding hydrogens is 400 g/mol. The van der Waals surface area contributed by atoms with Crippen molar-refractivity contribution >= 4 is 29.7 Å². The molecule has 0 fully saturated rings. The normalized spacial score (nSPS) is 14.0. The molecule has 1 aliphatic carbocycles. The van der Waals surface area contributed by atoms with E-state index in [1.54, 1.807) is 19.9 Å². The zero-order chi connectivity index (χ0) is 22.8. The van der Waals surface area contributed by atoms with E-state index in [9.17, 15) is 9.59 Å². The van der Waals surface area contributed by atoms with Gasteiger partial charge in [0, 0.05) is 24.0 Å². The molecule has 0 aromatic heterocycles. The Labute approximate surface area is 189 Å². The van der Waals surface area contributed by atoms with E-state index in [-0.39, 0.29) is 18.4 Å². The van der Waals surface area contributed by atoms with Gasteiger partial charge in [-0.05, 0) is 54.3 Å². The van der Waals surface area contributed by atoms with Gasteiger partial charge in [-0.1, -0.05) is 66.4 Å². The summed E-state index contributed by atoms with van der Waals surface area (Å²) in [5, 5.41) is 0. The van der Waals surface area contributed by atoms with Gasteiger partial charge in [-0.25, -0.2) is 9.59 Å². The lowest BCUT2D eigenvalue weighted by atomic mass is 9.87. The molecule has 0 saturated heterocycles. The molecule has 2 aromatic carbocycles. The smallest absolute Gasteiger partial charge is 0.334 e. The monoisotopic (exact) mass is 426 g/mol. The molecule has 0 N–H and O–H groups in total. The molecular formula is C28H26O4. The average molecular weight is 427 g/mol. The summed E-state index contributed by atoms with van der Waals surface area (Å²) in [7, 11) is 0. The van der Waals surface area contributed by atoms with Crippen LogP contribution in [0.1, 0.15) is 43.4 Å². The summed E-state index contributed by atoms with van der Waals surface area (Å²) < 4.78 is 10.4. The second-order valence-corrected chi connectivity index (χ2v) is 7.12. The predicted octanol–water partition coefficient (Wildman–Crippen LogP) is 5.46. The molecule has 32 heavy (non-hydrogen) atoms. The van der Waals surface area contributed by atoms with E-state index < -0.39 is 0 Å². The zero-order valence-corrected chi connectivity index (χ0v) is 18.4. The van der Waals surface area contributed by atoms with Crippen LogP contribution < -0.4 is 0 Å². The van der Waals surface area contributed by atoms with E-state index in [2.05, 4.69) is 11.8 Å². The molecule has 1 aliphatic rings. The lowest BCUT2D eigenvalue weighted by Gasteiger charge is -2.18. The van der Waals surface area contributed by atoms with E-state index in [1.807, 2.05) is 66.7 Å². The second kappa shape index (κ2) is 11.5. The summed E-state index contributed by atoms with van der Waals surface area (Å²) in [4.78, 5) is 24.6. The second-order valence-electron chi connectivity index (χ2n) is 7.12. The number of hydrogen-bond donors (Lipinski definition) is 0. The van der Waals surface area contributed by atoms with Crippen LogP contribution in [-0.4, -0.2) is 25.2 Å². The van der Waals surface area contributed by atoms with Crippen molar-refractivity contribution in [1.82, 2.24) is 0 Å². The highest BCUT2D eigenvalue weighted by Crippen LogP contribution is 2.33. The van der Waals surface area contributed by atoms with Gasteiger partial charge < -0.3 is 9.47 Å². The van der Waals surface area contributed by atoms with Crippen molar-refractivity contribution < 1.29 is 19.1 Å². The first-order chi connectivity index (χ1) is 15.6. The summed E-state index contributed by atoms with van der Waals surface area (Å²) in [6, 6.07) is 17.5. The van der Waals surface area contributed by atoms with Crippen molar-refractivity contribution in [2.45, 2.75) is 26.7 Å². The molecule has 4 nitrogen and oxygen atoms in total. The Morgan fingerprint density at radius 3 is 2.44 bits per heavy atom. The van der Waals surface area contributed by atoms with Crippen LogP contribution >= 0.6 is 0 Å². The van der Waals surface area contributed by atoms with E-state index in [0.29, 0.717) is 30.8 Å². The summed E-state index contributed by atoms with van der Waals surface area (Å²) in [6.45, 7) is 4.22. The van der Waals surface area contributed by atoms with Crippen LogP contribution in [0.3, 0.4) is 0 Å². The fourth-order valence-corrected chi connectivity index (χ4v) is 3.38. The van der Waals surface area contributed by atoms with Crippen LogP contribution in [-0.2, 0) is 19.1 Å². The topological polar surface area (TPSA) is 52.6 Å². The molecule has 0 radical (unpaired) electrons. The molecule has 0 spiro atoms. The molecule has 0 heterocycles. The maximum atomic E-state index is 12.4. The Kier molecular flexibility index (Phi) is 8.22. The SMILES string of the molecule is CCOC(=O)C(=Cc1ccccc1)CC#CC=C1CC(C(=O)OCC)=Cc2ccccc21. The molecule has 3 rings (SSSR count). The molecule has 4 heteroatoms. The van der Waals surface area contributed by atoms with E-state index in [0.717, 1.165) is 22.3 Å². The van der Waals surface area contributed by atoms with Crippen molar-refractivity contribution in [1.29, 1.82) is 0 Å². The van der Waals surface area contributed by atoms with Crippen LogP contribution in [0.4, 0.5) is 0 Å². The van der Waals surface area contributed by atoms with Gasteiger partial charge in [-0.2, -0.15) is 0 Å². The molecule has 0 bridgehead atoms. The summed E-state index contributed by atoms with van der Waals surface area (Å²) in [6.07, 6.45) is 6.21. The highest BCUT2D eigenvalue weighted by molar-refractivity contribution is 6.00. The summed E-state index contributed by atoms with van der Waals surface area (Å²) >= 11 is 0. The first kappa shape index (κ1) is 22.8. The fraction of sp³-hybridized carbons (Fsp3) is 0.214. The number of allylic oxidation sites excluding steroid dienone is 2. The molecule has 0 atom stereocenters. The number of ether oxygens (including phenoxy) is 2. The average Bonchev–Trinajstić information content (AvgIpc) is 2.81. The number of fused-ring (bicyclic) bond motifs is 1. The third-order valence-corrected chi connectivity index (χ3v) is 4.86. The van der Waals surface area contributed by atoms with Crippen LogP contribution in [0, 0.1) is 11.8 Å². The predicted molar refractivity (Wildman–Crippen MR) is 127 cm³/mol. The minimum Gasteiger partial charge on any atom is -0.463 e. The summed E-state index contributed by atoms with van der Waals surface area (Å²) in [5.74, 6) is 5.45. The molecule has 0 saturated carbocycles. The maximum absolute atomic E-state index is 12.4. The maximum Gasteiger partial charge on any atom is 0.334 e. The Hall–Kier alpha value is -3.84. The summed E-state index contributed by atoms with van der Waals surface area (Å²) in [5.41, 5.74) is 4.98. The van der Waals surface area contributed by atoms with Crippen LogP contribution in [0.25, 0.3) is 17.7 Å². The standard InChI is InChI=1S/C28H26O4/c1-3-31-27(29)24(18-21-12-6-5-7-13-21)16-9-8-14-22-19-25(28(30)32-4-2)20-23-15-10-11-17-26(22)23/h5-7,10-15,17-18,20H,3-4,16,19H2,1-2H3. The number of carbonyl (C=O) groups is 2. The lowest BCUT2D eigenvalue weighted by molar-refractivity contribution is -0.139. The lowest BCUT2D eigenvalue weighted by Crippen LogP contribution is -2.11. The highest BCUT2D eigenvalue weighted by atomic mass is 16.5. The van der Waals surface area contributed by atoms with Crippen LogP contribution in [0.2, 0.25) is 0 Å². The molecule has 0 aliphatic heterocycles. The Balaban J connectivity index is 1.84. The van der Waals surface area contributed by atoms with Crippen molar-refractivity contribution in [2.24, 2.45) is 0 Å². The van der Waals surface area contributed by atoms with Crippen LogP contribution in [0.15, 0.2) is 71.8 Å². The van der Waals surface area contributed by atoms with Gasteiger partial charge in [0.05, 0.1) is 13.2 Å². The van der Waals surface area contributed by atoms with Gasteiger partial charge in [0.2, 0.25) is 0 Å². The van der Waals surface area contributed by atoms with Crippen LogP contribution in [0.5, 0.6) is 0 Å². The highest BCUT2D eigenvalue weighted by Gasteiger charge is 2.20. The molecule has 2 aromatic rings. The Bertz CT molecular complexity index is 1120. The van der Waals surface area contributed by atoms with E-state index in [1.165, 1.54) is 0 Å². The van der Waals surface area contributed by atoms with Crippen molar-refractivity contribution in [3.05, 3.63) is 88.5 Å². The van der Waals surface area contributed by atoms with E-state index >= 15 is 0 Å². The fourth-order valence-electron chi connectivity index (χ4n) is 3.38. The van der Waals surface area contributed by atoms with Gasteiger partial charge >= 0.3 is 11.9 Å². The number of carbonyl (C=O) groups excluding carboxylic acids is 2. The molecule has 162 valence electrons. The first-order valence-corrected chi connectivity index (χ1v) is 10.7. The number of rotatable bonds is 6. The minimum absolute atomic E-state index is 0.264. The van der Waals surface area contributed by atoms with Crippen molar-refractivity contribution in [3.8, 4) is 11.8 Å². The Morgan fingerprint density at radius 1 is 0.969 bits per heavy atom. The zero-order valence-electron chi connectivity index (χ0n) is 18.4. The number of benzene rings is 2. The Morgan fingerprint density at radius 2 is 1.69 bits per heavy atom. The molecule has 0 unspecified atom stereocenters. The van der Waals surface area contributed by atoms with Gasteiger partial charge in [-0.15, -0.1) is 0 Å². The minimum atomic E-state index is -0.367. The van der Waals surface area contributed by atoms with Gasteiger partial charge in [0.15, 0.2) is 0 Å². The largest absolute Gasteiger partial charge is 0.463 e.